The lowest BCUT2D eigenvalue weighted by Gasteiger charge is -2.08. The Balaban J connectivity index is 0. The molecule has 2 atom stereocenters. The third-order valence-electron chi connectivity index (χ3n) is 1.78. The zero-order valence-electron chi connectivity index (χ0n) is 12.4. The van der Waals surface area contributed by atoms with Crippen LogP contribution in [-0.2, 0) is 19.1 Å². The van der Waals surface area contributed by atoms with Gasteiger partial charge in [0.05, 0.1) is 12.7 Å². The number of hydrogen-bond donors (Lipinski definition) is 2. The van der Waals surface area contributed by atoms with Crippen molar-refractivity contribution in [3.8, 4) is 0 Å². The van der Waals surface area contributed by atoms with Gasteiger partial charge >= 0.3 is 11.9 Å². The smallest absolute Gasteiger partial charge is 0.334 e. The highest BCUT2D eigenvalue weighted by Crippen LogP contribution is 1.92. The van der Waals surface area contributed by atoms with Crippen molar-refractivity contribution in [1.82, 2.24) is 0 Å². The fraction of sp³-hybridized carbons (Fsp3) is 0.846. The maximum absolute atomic E-state index is 10.5. The average molecular weight is 278 g/mol. The fourth-order valence-electron chi connectivity index (χ4n) is 0.768. The van der Waals surface area contributed by atoms with E-state index in [9.17, 15) is 9.59 Å². The molecule has 0 saturated carbocycles. The van der Waals surface area contributed by atoms with Crippen molar-refractivity contribution in [3.05, 3.63) is 0 Å². The SMILES string of the molecule is CC(C)OC(=O)C(C)O.CCCCOC(=O)C(C)O. The summed E-state index contributed by atoms with van der Waals surface area (Å²) < 4.78 is 9.28. The van der Waals surface area contributed by atoms with Crippen molar-refractivity contribution in [3.63, 3.8) is 0 Å². The Morgan fingerprint density at radius 1 is 1.00 bits per heavy atom. The topological polar surface area (TPSA) is 93.1 Å². The first kappa shape index (κ1) is 20.2. The third kappa shape index (κ3) is 14.8. The van der Waals surface area contributed by atoms with E-state index in [0.29, 0.717) is 6.61 Å². The summed E-state index contributed by atoms with van der Waals surface area (Å²) in [5.74, 6) is -1.10. The van der Waals surface area contributed by atoms with Crippen molar-refractivity contribution in [2.24, 2.45) is 0 Å². The average Bonchev–Trinajstić information content (AvgIpc) is 2.28. The molecule has 6 heteroatoms. The normalized spacial score (nSPS) is 13.1. The zero-order valence-corrected chi connectivity index (χ0v) is 12.4. The minimum absolute atomic E-state index is 0.146. The van der Waals surface area contributed by atoms with Crippen LogP contribution in [0.25, 0.3) is 0 Å². The minimum atomic E-state index is -1.01. The van der Waals surface area contributed by atoms with E-state index >= 15 is 0 Å². The van der Waals surface area contributed by atoms with Crippen LogP contribution in [0.4, 0.5) is 0 Å². The minimum Gasteiger partial charge on any atom is -0.464 e. The lowest BCUT2D eigenvalue weighted by Crippen LogP contribution is -2.22. The Morgan fingerprint density at radius 2 is 1.47 bits per heavy atom. The van der Waals surface area contributed by atoms with Gasteiger partial charge in [-0.2, -0.15) is 0 Å². The Bertz CT molecular complexity index is 248. The molecule has 6 nitrogen and oxygen atoms in total. The summed E-state index contributed by atoms with van der Waals surface area (Å²) in [6, 6.07) is 0. The number of hydrogen-bond acceptors (Lipinski definition) is 6. The van der Waals surface area contributed by atoms with Gasteiger partial charge in [-0.05, 0) is 34.1 Å². The second-order valence-corrected chi connectivity index (χ2v) is 4.36. The van der Waals surface area contributed by atoms with Crippen molar-refractivity contribution < 1.29 is 29.3 Å². The molecule has 0 amide bonds. The number of esters is 2. The van der Waals surface area contributed by atoms with Gasteiger partial charge in [-0.15, -0.1) is 0 Å². The summed E-state index contributed by atoms with van der Waals surface area (Å²) in [7, 11) is 0. The summed E-state index contributed by atoms with van der Waals surface area (Å²) in [6.45, 7) is 8.68. The number of ether oxygens (including phenoxy) is 2. The number of aliphatic hydroxyl groups is 2. The third-order valence-corrected chi connectivity index (χ3v) is 1.78. The van der Waals surface area contributed by atoms with Crippen LogP contribution in [0.1, 0.15) is 47.5 Å². The van der Waals surface area contributed by atoms with Gasteiger partial charge in [-0.1, -0.05) is 13.3 Å². The maximum atomic E-state index is 10.5. The number of unbranched alkanes of at least 4 members (excludes halogenated alkanes) is 1. The van der Waals surface area contributed by atoms with E-state index in [1.807, 2.05) is 6.92 Å². The second kappa shape index (κ2) is 11.9. The number of carbonyl (C=O) groups is 2. The van der Waals surface area contributed by atoms with Gasteiger partial charge in [0.25, 0.3) is 0 Å². The van der Waals surface area contributed by atoms with Crippen molar-refractivity contribution in [1.29, 1.82) is 0 Å². The van der Waals surface area contributed by atoms with Gasteiger partial charge in [0.1, 0.15) is 12.2 Å². The van der Waals surface area contributed by atoms with E-state index in [0.717, 1.165) is 12.8 Å². The molecule has 0 rings (SSSR count). The van der Waals surface area contributed by atoms with E-state index < -0.39 is 24.1 Å². The standard InChI is InChI=1S/C7H14O3.C6H12O3/c1-3-4-5-10-7(9)6(2)8;1-4(2)9-6(8)5(3)7/h6,8H,3-5H2,1-2H3;4-5,7H,1-3H3. The fourth-order valence-corrected chi connectivity index (χ4v) is 0.768. The largest absolute Gasteiger partial charge is 0.464 e. The van der Waals surface area contributed by atoms with E-state index in [1.165, 1.54) is 13.8 Å². The Kier molecular flexibility index (Phi) is 12.7. The molecule has 0 saturated heterocycles. The molecule has 0 aliphatic rings. The summed E-state index contributed by atoms with van der Waals surface area (Å²) >= 11 is 0. The molecule has 0 aromatic heterocycles. The summed E-state index contributed by atoms with van der Waals surface area (Å²) in [5, 5.41) is 17.2. The number of carbonyl (C=O) groups excluding carboxylic acids is 2. The van der Waals surface area contributed by atoms with E-state index in [-0.39, 0.29) is 6.10 Å². The van der Waals surface area contributed by atoms with Crippen LogP contribution in [0, 0.1) is 0 Å². The van der Waals surface area contributed by atoms with Crippen LogP contribution in [0.3, 0.4) is 0 Å². The quantitative estimate of drug-likeness (QED) is 0.557. The Hall–Kier alpha value is -1.14. The van der Waals surface area contributed by atoms with Crippen LogP contribution in [0.15, 0.2) is 0 Å². The second-order valence-electron chi connectivity index (χ2n) is 4.36. The van der Waals surface area contributed by atoms with Crippen LogP contribution in [-0.4, -0.2) is 47.1 Å². The van der Waals surface area contributed by atoms with Gasteiger partial charge < -0.3 is 19.7 Å². The number of rotatable bonds is 6. The van der Waals surface area contributed by atoms with Crippen LogP contribution in [0.2, 0.25) is 0 Å². The highest BCUT2D eigenvalue weighted by molar-refractivity contribution is 5.74. The molecule has 2 unspecified atom stereocenters. The van der Waals surface area contributed by atoms with E-state index in [2.05, 4.69) is 9.47 Å². The molecular weight excluding hydrogens is 252 g/mol. The molecule has 2 N–H and O–H groups in total. The Labute approximate surface area is 114 Å². The molecule has 114 valence electrons. The predicted molar refractivity (Wildman–Crippen MR) is 70.5 cm³/mol. The van der Waals surface area contributed by atoms with Crippen molar-refractivity contribution in [2.75, 3.05) is 6.61 Å². The van der Waals surface area contributed by atoms with Crippen molar-refractivity contribution in [2.45, 2.75) is 65.8 Å². The number of aliphatic hydroxyl groups excluding tert-OH is 2. The van der Waals surface area contributed by atoms with E-state index in [4.69, 9.17) is 10.2 Å². The summed E-state index contributed by atoms with van der Waals surface area (Å²) in [4.78, 5) is 21.0. The summed E-state index contributed by atoms with van der Waals surface area (Å²) in [5.41, 5.74) is 0. The van der Waals surface area contributed by atoms with Crippen molar-refractivity contribution >= 4 is 11.9 Å². The highest BCUT2D eigenvalue weighted by atomic mass is 16.6. The van der Waals surface area contributed by atoms with Gasteiger partial charge in [0, 0.05) is 0 Å². The van der Waals surface area contributed by atoms with Gasteiger partial charge in [0.15, 0.2) is 0 Å². The lowest BCUT2D eigenvalue weighted by molar-refractivity contribution is -0.156. The highest BCUT2D eigenvalue weighted by Gasteiger charge is 2.10. The molecular formula is C13H26O6. The molecule has 0 spiro atoms. The predicted octanol–water partition coefficient (Wildman–Crippen LogP) is 1.03. The summed E-state index contributed by atoms with van der Waals surface area (Å²) in [6.07, 6.45) is -0.290. The lowest BCUT2D eigenvalue weighted by atomic mass is 10.3. The van der Waals surface area contributed by atoms with Crippen LogP contribution < -0.4 is 0 Å². The molecule has 0 fully saturated rings. The first-order valence-corrected chi connectivity index (χ1v) is 6.45. The Morgan fingerprint density at radius 3 is 1.74 bits per heavy atom. The van der Waals surface area contributed by atoms with Crippen LogP contribution in [0.5, 0.6) is 0 Å². The van der Waals surface area contributed by atoms with Gasteiger partial charge in [-0.25, -0.2) is 9.59 Å². The molecule has 19 heavy (non-hydrogen) atoms. The molecule has 0 aliphatic carbocycles. The molecule has 0 heterocycles. The molecule has 0 bridgehead atoms. The molecule has 0 aromatic rings. The zero-order chi connectivity index (χ0) is 15.4. The van der Waals surface area contributed by atoms with Gasteiger partial charge in [0.2, 0.25) is 0 Å². The van der Waals surface area contributed by atoms with Gasteiger partial charge in [-0.3, -0.25) is 0 Å². The monoisotopic (exact) mass is 278 g/mol. The molecule has 0 aliphatic heterocycles. The van der Waals surface area contributed by atoms with E-state index in [1.54, 1.807) is 13.8 Å². The van der Waals surface area contributed by atoms with Crippen LogP contribution >= 0.6 is 0 Å². The molecule has 0 aromatic carbocycles. The first-order valence-electron chi connectivity index (χ1n) is 6.45. The maximum Gasteiger partial charge on any atom is 0.334 e. The first-order chi connectivity index (χ1) is 8.72. The molecule has 0 radical (unpaired) electrons.